The van der Waals surface area contributed by atoms with Crippen LogP contribution in [0.3, 0.4) is 0 Å². The molecule has 1 aromatic carbocycles. The number of hydrogen-bond acceptors (Lipinski definition) is 5. The normalized spacial score (nSPS) is 20.0. The fraction of sp³-hybridized carbons (Fsp3) is 0.667. The van der Waals surface area contributed by atoms with Crippen LogP contribution < -0.4 is 9.64 Å². The minimum Gasteiger partial charge on any atom is -0.495 e. The summed E-state index contributed by atoms with van der Waals surface area (Å²) >= 11 is 0. The zero-order chi connectivity index (χ0) is 19.4. The van der Waals surface area contributed by atoms with Gasteiger partial charge in [-0.1, -0.05) is 0 Å². The first kappa shape index (κ1) is 20.0. The predicted molar refractivity (Wildman–Crippen MR) is 108 cm³/mol. The first-order valence-corrected chi connectivity index (χ1v) is 9.97. The molecule has 2 aliphatic heterocycles. The Bertz CT molecular complexity index is 636. The van der Waals surface area contributed by atoms with Crippen molar-refractivity contribution in [3.8, 4) is 5.75 Å². The second-order valence-electron chi connectivity index (χ2n) is 7.82. The number of likely N-dealkylation sites (tertiary alicyclic amines) is 1. The molecule has 0 unspecified atom stereocenters. The van der Waals surface area contributed by atoms with E-state index in [-0.39, 0.29) is 5.91 Å². The van der Waals surface area contributed by atoms with Crippen LogP contribution in [-0.4, -0.2) is 82.3 Å². The summed E-state index contributed by atoms with van der Waals surface area (Å²) < 4.78 is 11.0. The lowest BCUT2D eigenvalue weighted by Crippen LogP contribution is -2.43. The number of carbonyl (C=O) groups is 1. The van der Waals surface area contributed by atoms with Crippen molar-refractivity contribution in [3.05, 3.63) is 23.8 Å². The Kier molecular flexibility index (Phi) is 6.60. The number of methoxy groups -OCH3 is 1. The fourth-order valence-electron chi connectivity index (χ4n) is 4.06. The first-order valence-electron chi connectivity index (χ1n) is 9.97. The standard InChI is InChI=1S/C21H33N3O3/c1-16(22(2)3)17-7-9-24(10-8-17)21(25)18-5-6-20(26-4)19(15-18)23-11-13-27-14-12-23/h5-6,15-17H,7-14H2,1-4H3/t16-/m1/s1. The number of nitrogens with zero attached hydrogens (tertiary/aromatic N) is 3. The van der Waals surface area contributed by atoms with Crippen LogP contribution in [0, 0.1) is 5.92 Å². The minimum atomic E-state index is 0.128. The number of hydrogen-bond donors (Lipinski definition) is 0. The second kappa shape index (κ2) is 8.93. The molecule has 0 saturated carbocycles. The Morgan fingerprint density at radius 1 is 1.19 bits per heavy atom. The van der Waals surface area contributed by atoms with Gasteiger partial charge in [-0.2, -0.15) is 0 Å². The summed E-state index contributed by atoms with van der Waals surface area (Å²) in [5.74, 6) is 1.60. The van der Waals surface area contributed by atoms with E-state index in [1.807, 2.05) is 23.1 Å². The molecule has 0 radical (unpaired) electrons. The lowest BCUT2D eigenvalue weighted by molar-refractivity contribution is 0.0641. The Hall–Kier alpha value is -1.79. The van der Waals surface area contributed by atoms with Crippen LogP contribution in [-0.2, 0) is 4.74 Å². The van der Waals surface area contributed by atoms with Gasteiger partial charge in [0.15, 0.2) is 0 Å². The summed E-state index contributed by atoms with van der Waals surface area (Å²) in [7, 11) is 5.94. The third-order valence-electron chi connectivity index (χ3n) is 6.10. The number of piperidine rings is 1. The third-order valence-corrected chi connectivity index (χ3v) is 6.10. The van der Waals surface area contributed by atoms with Crippen molar-refractivity contribution in [2.75, 3.05) is 65.5 Å². The van der Waals surface area contributed by atoms with Crippen molar-refractivity contribution in [3.63, 3.8) is 0 Å². The monoisotopic (exact) mass is 375 g/mol. The van der Waals surface area contributed by atoms with E-state index in [1.165, 1.54) is 0 Å². The van der Waals surface area contributed by atoms with Gasteiger partial charge < -0.3 is 24.2 Å². The number of ether oxygens (including phenoxy) is 2. The van der Waals surface area contributed by atoms with Crippen LogP contribution in [0.4, 0.5) is 5.69 Å². The lowest BCUT2D eigenvalue weighted by atomic mass is 9.89. The van der Waals surface area contributed by atoms with Crippen LogP contribution in [0.2, 0.25) is 0 Å². The molecule has 1 atom stereocenters. The molecule has 2 aliphatic rings. The molecule has 0 bridgehead atoms. The van der Waals surface area contributed by atoms with Crippen molar-refractivity contribution >= 4 is 11.6 Å². The van der Waals surface area contributed by atoms with Crippen molar-refractivity contribution < 1.29 is 14.3 Å². The van der Waals surface area contributed by atoms with Gasteiger partial charge in [0, 0.05) is 37.8 Å². The van der Waals surface area contributed by atoms with E-state index in [1.54, 1.807) is 7.11 Å². The molecule has 2 heterocycles. The van der Waals surface area contributed by atoms with E-state index in [2.05, 4.69) is 30.8 Å². The second-order valence-corrected chi connectivity index (χ2v) is 7.82. The molecule has 0 aliphatic carbocycles. The van der Waals surface area contributed by atoms with Gasteiger partial charge in [-0.25, -0.2) is 0 Å². The topological polar surface area (TPSA) is 45.2 Å². The number of amides is 1. The van der Waals surface area contributed by atoms with E-state index >= 15 is 0 Å². The molecule has 1 amide bonds. The van der Waals surface area contributed by atoms with Crippen molar-refractivity contribution in [2.24, 2.45) is 5.92 Å². The minimum absolute atomic E-state index is 0.128. The molecule has 0 aromatic heterocycles. The molecular formula is C21H33N3O3. The smallest absolute Gasteiger partial charge is 0.253 e. The molecule has 27 heavy (non-hydrogen) atoms. The predicted octanol–water partition coefficient (Wildman–Crippen LogP) is 2.33. The molecule has 0 spiro atoms. The van der Waals surface area contributed by atoms with Gasteiger partial charge in [-0.15, -0.1) is 0 Å². The molecule has 2 saturated heterocycles. The SMILES string of the molecule is COc1ccc(C(=O)N2CCC([C@@H](C)N(C)C)CC2)cc1N1CCOCC1. The molecule has 6 nitrogen and oxygen atoms in total. The number of carbonyl (C=O) groups excluding carboxylic acids is 1. The van der Waals surface area contributed by atoms with Gasteiger partial charge in [0.2, 0.25) is 0 Å². The summed E-state index contributed by atoms with van der Waals surface area (Å²) in [6, 6.07) is 6.34. The van der Waals surface area contributed by atoms with Gasteiger partial charge in [0.25, 0.3) is 5.91 Å². The van der Waals surface area contributed by atoms with Crippen LogP contribution in [0.1, 0.15) is 30.1 Å². The maximum Gasteiger partial charge on any atom is 0.253 e. The highest BCUT2D eigenvalue weighted by Gasteiger charge is 2.28. The maximum atomic E-state index is 13.1. The molecular weight excluding hydrogens is 342 g/mol. The number of morpholine rings is 1. The summed E-state index contributed by atoms with van der Waals surface area (Å²) in [6.45, 7) is 7.00. The Labute approximate surface area is 163 Å². The summed E-state index contributed by atoms with van der Waals surface area (Å²) in [4.78, 5) is 19.6. The Morgan fingerprint density at radius 3 is 2.44 bits per heavy atom. The molecule has 3 rings (SSSR count). The van der Waals surface area contributed by atoms with Crippen molar-refractivity contribution in [1.29, 1.82) is 0 Å². The molecule has 0 N–H and O–H groups in total. The average Bonchev–Trinajstić information content (AvgIpc) is 2.73. The lowest BCUT2D eigenvalue weighted by Gasteiger charge is -2.37. The highest BCUT2D eigenvalue weighted by atomic mass is 16.5. The zero-order valence-corrected chi connectivity index (χ0v) is 17.1. The van der Waals surface area contributed by atoms with Gasteiger partial charge in [0.1, 0.15) is 5.75 Å². The van der Waals surface area contributed by atoms with Crippen molar-refractivity contribution in [2.45, 2.75) is 25.8 Å². The maximum absolute atomic E-state index is 13.1. The number of anilines is 1. The highest BCUT2D eigenvalue weighted by molar-refractivity contribution is 5.95. The Morgan fingerprint density at radius 2 is 1.85 bits per heavy atom. The van der Waals surface area contributed by atoms with E-state index < -0.39 is 0 Å². The highest BCUT2D eigenvalue weighted by Crippen LogP contribution is 2.31. The van der Waals surface area contributed by atoms with E-state index in [0.29, 0.717) is 25.2 Å². The van der Waals surface area contributed by atoms with Gasteiger partial charge >= 0.3 is 0 Å². The van der Waals surface area contributed by atoms with E-state index in [9.17, 15) is 4.79 Å². The van der Waals surface area contributed by atoms with Crippen LogP contribution >= 0.6 is 0 Å². The zero-order valence-electron chi connectivity index (χ0n) is 17.1. The molecule has 2 fully saturated rings. The van der Waals surface area contributed by atoms with E-state index in [4.69, 9.17) is 9.47 Å². The molecule has 1 aromatic rings. The average molecular weight is 376 g/mol. The number of rotatable bonds is 5. The Balaban J connectivity index is 1.70. The van der Waals surface area contributed by atoms with Crippen molar-refractivity contribution in [1.82, 2.24) is 9.80 Å². The van der Waals surface area contributed by atoms with Gasteiger partial charge in [0.05, 0.1) is 26.0 Å². The summed E-state index contributed by atoms with van der Waals surface area (Å²) in [5.41, 5.74) is 1.74. The quantitative estimate of drug-likeness (QED) is 0.790. The molecule has 6 heteroatoms. The largest absolute Gasteiger partial charge is 0.495 e. The van der Waals surface area contributed by atoms with Crippen LogP contribution in [0.25, 0.3) is 0 Å². The summed E-state index contributed by atoms with van der Waals surface area (Å²) in [6.07, 6.45) is 2.13. The first-order chi connectivity index (χ1) is 13.0. The molecule has 150 valence electrons. The fourth-order valence-corrected chi connectivity index (χ4v) is 4.06. The van der Waals surface area contributed by atoms with Crippen LogP contribution in [0.15, 0.2) is 18.2 Å². The summed E-state index contributed by atoms with van der Waals surface area (Å²) in [5, 5.41) is 0. The third kappa shape index (κ3) is 4.55. The van der Waals surface area contributed by atoms with Gasteiger partial charge in [-0.3, -0.25) is 4.79 Å². The number of benzene rings is 1. The van der Waals surface area contributed by atoms with Crippen LogP contribution in [0.5, 0.6) is 5.75 Å². The van der Waals surface area contributed by atoms with Gasteiger partial charge in [-0.05, 0) is 58.0 Å². The van der Waals surface area contributed by atoms with E-state index in [0.717, 1.165) is 56.0 Å².